The van der Waals surface area contributed by atoms with Crippen molar-refractivity contribution in [3.8, 4) is 0 Å². The highest BCUT2D eigenvalue weighted by Crippen LogP contribution is 2.21. The van der Waals surface area contributed by atoms with Gasteiger partial charge in [0, 0.05) is 10.0 Å². The molecule has 0 saturated heterocycles. The van der Waals surface area contributed by atoms with E-state index in [2.05, 4.69) is 10.1 Å². The van der Waals surface area contributed by atoms with Crippen LogP contribution in [0.5, 0.6) is 0 Å². The summed E-state index contributed by atoms with van der Waals surface area (Å²) in [5.74, 6) is 0.362. The third kappa shape index (κ3) is 2.22. The molecule has 0 radical (unpaired) electrons. The van der Waals surface area contributed by atoms with Crippen LogP contribution in [0.3, 0.4) is 0 Å². The smallest absolute Gasteiger partial charge is 0.218 e. The molecule has 1 aromatic carbocycles. The molecule has 2 rings (SSSR count). The first-order valence-electron chi connectivity index (χ1n) is 4.24. The SMILES string of the molecule is Nc1ncnn1Cc1ccc(Cl)cc1Cl. The Hall–Kier alpha value is -1.26. The summed E-state index contributed by atoms with van der Waals surface area (Å²) in [6.45, 7) is 0.488. The second kappa shape index (κ2) is 4.08. The highest BCUT2D eigenvalue weighted by atomic mass is 35.5. The first-order chi connectivity index (χ1) is 7.16. The fourth-order valence-corrected chi connectivity index (χ4v) is 1.67. The van der Waals surface area contributed by atoms with Crippen molar-refractivity contribution in [2.45, 2.75) is 6.54 Å². The van der Waals surface area contributed by atoms with Gasteiger partial charge in [-0.3, -0.25) is 0 Å². The number of halogens is 2. The molecule has 2 N–H and O–H groups in total. The molecular weight excluding hydrogens is 235 g/mol. The maximum absolute atomic E-state index is 6.01. The van der Waals surface area contributed by atoms with E-state index < -0.39 is 0 Å². The minimum atomic E-state index is 0.362. The van der Waals surface area contributed by atoms with Crippen LogP contribution in [0, 0.1) is 0 Å². The van der Waals surface area contributed by atoms with Crippen LogP contribution in [0.1, 0.15) is 5.56 Å². The van der Waals surface area contributed by atoms with E-state index >= 15 is 0 Å². The van der Waals surface area contributed by atoms with Crippen molar-refractivity contribution in [3.05, 3.63) is 40.1 Å². The van der Waals surface area contributed by atoms with Gasteiger partial charge in [-0.15, -0.1) is 0 Å². The van der Waals surface area contributed by atoms with Gasteiger partial charge in [0.05, 0.1) is 6.54 Å². The van der Waals surface area contributed by atoms with Gasteiger partial charge >= 0.3 is 0 Å². The van der Waals surface area contributed by atoms with Crippen molar-refractivity contribution >= 4 is 29.2 Å². The van der Waals surface area contributed by atoms with Gasteiger partial charge in [0.1, 0.15) is 6.33 Å². The van der Waals surface area contributed by atoms with Crippen LogP contribution in [0.4, 0.5) is 5.95 Å². The van der Waals surface area contributed by atoms with Crippen LogP contribution in [0.2, 0.25) is 10.0 Å². The Kier molecular flexibility index (Phi) is 2.79. The summed E-state index contributed by atoms with van der Waals surface area (Å²) in [7, 11) is 0. The zero-order chi connectivity index (χ0) is 10.8. The number of nitrogens with two attached hydrogens (primary N) is 1. The van der Waals surface area contributed by atoms with E-state index in [-0.39, 0.29) is 0 Å². The fourth-order valence-electron chi connectivity index (χ4n) is 1.21. The summed E-state index contributed by atoms with van der Waals surface area (Å²) < 4.78 is 1.56. The fraction of sp³-hybridized carbons (Fsp3) is 0.111. The minimum Gasteiger partial charge on any atom is -0.368 e. The molecule has 0 unspecified atom stereocenters. The predicted octanol–water partition coefficient (Wildman–Crippen LogP) is 2.22. The molecule has 1 heterocycles. The van der Waals surface area contributed by atoms with E-state index in [1.54, 1.807) is 16.8 Å². The van der Waals surface area contributed by atoms with E-state index in [0.717, 1.165) is 5.56 Å². The summed E-state index contributed by atoms with van der Waals surface area (Å²) in [6.07, 6.45) is 1.40. The molecule has 0 spiro atoms. The highest BCUT2D eigenvalue weighted by molar-refractivity contribution is 6.35. The van der Waals surface area contributed by atoms with Gasteiger partial charge < -0.3 is 5.73 Å². The van der Waals surface area contributed by atoms with Crippen molar-refractivity contribution in [1.82, 2.24) is 14.8 Å². The molecule has 0 aliphatic heterocycles. The Labute approximate surface area is 96.6 Å². The van der Waals surface area contributed by atoms with Crippen LogP contribution < -0.4 is 5.73 Å². The number of anilines is 1. The van der Waals surface area contributed by atoms with Crippen molar-refractivity contribution < 1.29 is 0 Å². The summed E-state index contributed by atoms with van der Waals surface area (Å²) in [5, 5.41) is 5.17. The first-order valence-corrected chi connectivity index (χ1v) is 4.99. The molecule has 6 heteroatoms. The molecule has 15 heavy (non-hydrogen) atoms. The lowest BCUT2D eigenvalue weighted by molar-refractivity contribution is 0.696. The molecule has 4 nitrogen and oxygen atoms in total. The molecular formula is C9H8Cl2N4. The van der Waals surface area contributed by atoms with Crippen molar-refractivity contribution in [2.24, 2.45) is 0 Å². The van der Waals surface area contributed by atoms with Crippen LogP contribution in [0.25, 0.3) is 0 Å². The molecule has 0 atom stereocenters. The Morgan fingerprint density at radius 3 is 2.73 bits per heavy atom. The van der Waals surface area contributed by atoms with E-state index in [4.69, 9.17) is 28.9 Å². The number of hydrogen-bond donors (Lipinski definition) is 1. The van der Waals surface area contributed by atoms with Gasteiger partial charge in [0.2, 0.25) is 5.95 Å². The first kappa shape index (κ1) is 10.3. The monoisotopic (exact) mass is 242 g/mol. The maximum Gasteiger partial charge on any atom is 0.218 e. The number of nitrogen functional groups attached to an aromatic ring is 1. The Balaban J connectivity index is 2.29. The number of rotatable bonds is 2. The molecule has 0 aliphatic carbocycles. The molecule has 2 aromatic rings. The van der Waals surface area contributed by atoms with Crippen molar-refractivity contribution in [1.29, 1.82) is 0 Å². The maximum atomic E-state index is 6.01. The van der Waals surface area contributed by atoms with E-state index in [9.17, 15) is 0 Å². The molecule has 0 amide bonds. The summed E-state index contributed by atoms with van der Waals surface area (Å²) >= 11 is 11.8. The zero-order valence-electron chi connectivity index (χ0n) is 7.69. The lowest BCUT2D eigenvalue weighted by Crippen LogP contribution is -2.06. The van der Waals surface area contributed by atoms with Crippen molar-refractivity contribution in [3.63, 3.8) is 0 Å². The Morgan fingerprint density at radius 2 is 2.13 bits per heavy atom. The van der Waals surface area contributed by atoms with Gasteiger partial charge in [-0.2, -0.15) is 5.10 Å². The van der Waals surface area contributed by atoms with Crippen LogP contribution in [0.15, 0.2) is 24.5 Å². The van der Waals surface area contributed by atoms with Crippen LogP contribution in [-0.4, -0.2) is 14.8 Å². The molecule has 1 aromatic heterocycles. The van der Waals surface area contributed by atoms with Gasteiger partial charge in [0.25, 0.3) is 0 Å². The second-order valence-corrected chi connectivity index (χ2v) is 3.86. The van der Waals surface area contributed by atoms with Gasteiger partial charge in [-0.1, -0.05) is 29.3 Å². The lowest BCUT2D eigenvalue weighted by atomic mass is 10.2. The van der Waals surface area contributed by atoms with Crippen LogP contribution in [-0.2, 0) is 6.54 Å². The molecule has 0 aliphatic rings. The topological polar surface area (TPSA) is 56.7 Å². The summed E-state index contributed by atoms with van der Waals surface area (Å²) in [6, 6.07) is 5.30. The lowest BCUT2D eigenvalue weighted by Gasteiger charge is -2.05. The van der Waals surface area contributed by atoms with Gasteiger partial charge in [0.15, 0.2) is 0 Å². The van der Waals surface area contributed by atoms with Gasteiger partial charge in [-0.25, -0.2) is 9.67 Å². The standard InChI is InChI=1S/C9H8Cl2N4/c10-7-2-1-6(8(11)3-7)4-15-9(12)13-5-14-15/h1-3,5H,4H2,(H2,12,13,14). The average Bonchev–Trinajstić information content (AvgIpc) is 2.57. The predicted molar refractivity (Wildman–Crippen MR) is 60.0 cm³/mol. The highest BCUT2D eigenvalue weighted by Gasteiger charge is 2.05. The molecule has 0 saturated carbocycles. The second-order valence-electron chi connectivity index (χ2n) is 3.01. The number of hydrogen-bond acceptors (Lipinski definition) is 3. The van der Waals surface area contributed by atoms with E-state index in [1.165, 1.54) is 6.33 Å². The quantitative estimate of drug-likeness (QED) is 0.879. The minimum absolute atomic E-state index is 0.362. The molecule has 0 fully saturated rings. The summed E-state index contributed by atoms with van der Waals surface area (Å²) in [5.41, 5.74) is 6.49. The Morgan fingerprint density at radius 1 is 1.33 bits per heavy atom. The molecule has 0 bridgehead atoms. The summed E-state index contributed by atoms with van der Waals surface area (Å²) in [4.78, 5) is 3.82. The largest absolute Gasteiger partial charge is 0.368 e. The zero-order valence-corrected chi connectivity index (χ0v) is 9.20. The van der Waals surface area contributed by atoms with Crippen LogP contribution >= 0.6 is 23.2 Å². The van der Waals surface area contributed by atoms with E-state index in [0.29, 0.717) is 22.5 Å². The molecule has 78 valence electrons. The average molecular weight is 243 g/mol. The third-order valence-corrected chi connectivity index (χ3v) is 2.57. The normalized spacial score (nSPS) is 10.5. The van der Waals surface area contributed by atoms with Gasteiger partial charge in [-0.05, 0) is 17.7 Å². The Bertz CT molecular complexity index is 481. The van der Waals surface area contributed by atoms with Crippen molar-refractivity contribution in [2.75, 3.05) is 5.73 Å². The number of benzene rings is 1. The number of aromatic nitrogens is 3. The third-order valence-electron chi connectivity index (χ3n) is 1.98. The van der Waals surface area contributed by atoms with E-state index in [1.807, 2.05) is 6.07 Å². The number of nitrogens with zero attached hydrogens (tertiary/aromatic N) is 3.